The number of nitrogens with two attached hydrogens (primary N) is 2. The monoisotopic (exact) mass is 194 g/mol. The molecule has 0 spiro atoms. The Kier molecular flexibility index (Phi) is 3.92. The van der Waals surface area contributed by atoms with Crippen molar-refractivity contribution in [1.82, 2.24) is 0 Å². The Bertz CT molecular complexity index is 269. The maximum absolute atomic E-state index is 5.84. The third-order valence-corrected chi connectivity index (χ3v) is 2.43. The zero-order chi connectivity index (χ0) is 10.6. The van der Waals surface area contributed by atoms with Gasteiger partial charge in [-0.1, -0.05) is 12.1 Å². The van der Waals surface area contributed by atoms with E-state index in [1.54, 1.807) is 7.11 Å². The Hall–Kier alpha value is -1.06. The molecule has 0 heterocycles. The molecule has 0 fully saturated rings. The first-order chi connectivity index (χ1) is 6.69. The van der Waals surface area contributed by atoms with E-state index in [1.807, 2.05) is 31.2 Å². The van der Waals surface area contributed by atoms with E-state index in [0.29, 0.717) is 6.54 Å². The van der Waals surface area contributed by atoms with Crippen LogP contribution in [0.15, 0.2) is 24.3 Å². The fourth-order valence-corrected chi connectivity index (χ4v) is 1.51. The topological polar surface area (TPSA) is 61.3 Å². The summed E-state index contributed by atoms with van der Waals surface area (Å²) in [5, 5.41) is 0. The van der Waals surface area contributed by atoms with Gasteiger partial charge in [0.2, 0.25) is 0 Å². The van der Waals surface area contributed by atoms with Crippen molar-refractivity contribution >= 4 is 0 Å². The van der Waals surface area contributed by atoms with Gasteiger partial charge < -0.3 is 16.2 Å². The van der Waals surface area contributed by atoms with Crippen molar-refractivity contribution in [3.8, 4) is 5.75 Å². The van der Waals surface area contributed by atoms with E-state index in [2.05, 4.69) is 0 Å². The summed E-state index contributed by atoms with van der Waals surface area (Å²) in [7, 11) is 1.65. The summed E-state index contributed by atoms with van der Waals surface area (Å²) >= 11 is 0. The maximum Gasteiger partial charge on any atom is 0.118 e. The number of methoxy groups -OCH3 is 1. The molecule has 0 aliphatic rings. The van der Waals surface area contributed by atoms with Gasteiger partial charge in [-0.25, -0.2) is 0 Å². The van der Waals surface area contributed by atoms with E-state index in [-0.39, 0.29) is 12.0 Å². The molecular formula is C11H18N2O. The summed E-state index contributed by atoms with van der Waals surface area (Å²) < 4.78 is 5.08. The molecule has 1 aromatic carbocycles. The van der Waals surface area contributed by atoms with Crippen molar-refractivity contribution in [3.63, 3.8) is 0 Å². The van der Waals surface area contributed by atoms with Gasteiger partial charge in [0.1, 0.15) is 5.75 Å². The van der Waals surface area contributed by atoms with Crippen LogP contribution >= 0.6 is 0 Å². The van der Waals surface area contributed by atoms with Gasteiger partial charge in [0.25, 0.3) is 0 Å². The van der Waals surface area contributed by atoms with Crippen molar-refractivity contribution < 1.29 is 4.74 Å². The average Bonchev–Trinajstić information content (AvgIpc) is 2.19. The lowest BCUT2D eigenvalue weighted by atomic mass is 9.93. The lowest BCUT2D eigenvalue weighted by molar-refractivity contribution is 0.414. The van der Waals surface area contributed by atoms with Gasteiger partial charge >= 0.3 is 0 Å². The summed E-state index contributed by atoms with van der Waals surface area (Å²) in [5.41, 5.74) is 12.7. The highest BCUT2D eigenvalue weighted by molar-refractivity contribution is 5.30. The maximum atomic E-state index is 5.84. The molecule has 3 nitrogen and oxygen atoms in total. The fourth-order valence-electron chi connectivity index (χ4n) is 1.51. The van der Waals surface area contributed by atoms with Crippen molar-refractivity contribution in [2.75, 3.05) is 13.7 Å². The highest BCUT2D eigenvalue weighted by Gasteiger charge is 2.13. The summed E-state index contributed by atoms with van der Waals surface area (Å²) in [5.74, 6) is 1.08. The Morgan fingerprint density at radius 2 is 1.86 bits per heavy atom. The number of hydrogen-bond acceptors (Lipinski definition) is 3. The normalized spacial score (nSPS) is 14.9. The van der Waals surface area contributed by atoms with Gasteiger partial charge in [0.15, 0.2) is 0 Å². The van der Waals surface area contributed by atoms with Gasteiger partial charge in [-0.15, -0.1) is 0 Å². The van der Waals surface area contributed by atoms with Crippen LogP contribution in [0.5, 0.6) is 5.75 Å². The van der Waals surface area contributed by atoms with Crippen LogP contribution in [0.4, 0.5) is 0 Å². The van der Waals surface area contributed by atoms with E-state index in [0.717, 1.165) is 5.75 Å². The standard InChI is InChI=1S/C11H18N2O/c1-8(13)11(7-12)9-3-5-10(14-2)6-4-9/h3-6,8,11H,7,12-13H2,1-2H3/t8-,11-/m1/s1. The number of benzene rings is 1. The Labute approximate surface area is 85.0 Å². The molecular weight excluding hydrogens is 176 g/mol. The number of hydrogen-bond donors (Lipinski definition) is 2. The molecule has 0 bridgehead atoms. The summed E-state index contributed by atoms with van der Waals surface area (Å²) in [4.78, 5) is 0. The zero-order valence-electron chi connectivity index (χ0n) is 8.73. The Morgan fingerprint density at radius 1 is 1.29 bits per heavy atom. The minimum absolute atomic E-state index is 0.0772. The highest BCUT2D eigenvalue weighted by atomic mass is 16.5. The van der Waals surface area contributed by atoms with Crippen LogP contribution in [0.1, 0.15) is 18.4 Å². The quantitative estimate of drug-likeness (QED) is 0.754. The van der Waals surface area contributed by atoms with Crippen LogP contribution in [-0.4, -0.2) is 19.7 Å². The lowest BCUT2D eigenvalue weighted by Crippen LogP contribution is -2.30. The third-order valence-electron chi connectivity index (χ3n) is 2.43. The molecule has 0 saturated carbocycles. The van der Waals surface area contributed by atoms with Gasteiger partial charge in [-0.3, -0.25) is 0 Å². The molecule has 78 valence electrons. The smallest absolute Gasteiger partial charge is 0.118 e. The fraction of sp³-hybridized carbons (Fsp3) is 0.455. The highest BCUT2D eigenvalue weighted by Crippen LogP contribution is 2.20. The van der Waals surface area contributed by atoms with Crippen LogP contribution in [0, 0.1) is 0 Å². The molecule has 0 aliphatic heterocycles. The minimum atomic E-state index is 0.0772. The molecule has 0 radical (unpaired) electrons. The molecule has 0 aromatic heterocycles. The van der Waals surface area contributed by atoms with Crippen molar-refractivity contribution in [3.05, 3.63) is 29.8 Å². The molecule has 0 unspecified atom stereocenters. The van der Waals surface area contributed by atoms with E-state index in [9.17, 15) is 0 Å². The molecule has 0 saturated heterocycles. The molecule has 1 aromatic rings. The number of ether oxygens (including phenoxy) is 1. The van der Waals surface area contributed by atoms with Crippen molar-refractivity contribution in [2.24, 2.45) is 11.5 Å². The third kappa shape index (κ3) is 2.47. The van der Waals surface area contributed by atoms with Gasteiger partial charge in [0, 0.05) is 18.5 Å². The second-order valence-corrected chi connectivity index (χ2v) is 3.47. The minimum Gasteiger partial charge on any atom is -0.497 e. The van der Waals surface area contributed by atoms with Crippen molar-refractivity contribution in [1.29, 1.82) is 0 Å². The van der Waals surface area contributed by atoms with Gasteiger partial charge in [0.05, 0.1) is 7.11 Å². The van der Waals surface area contributed by atoms with E-state index < -0.39 is 0 Å². The molecule has 0 aliphatic carbocycles. The van der Waals surface area contributed by atoms with Crippen molar-refractivity contribution in [2.45, 2.75) is 18.9 Å². The van der Waals surface area contributed by atoms with Crippen LogP contribution in [0.25, 0.3) is 0 Å². The predicted molar refractivity (Wildman–Crippen MR) is 58.4 cm³/mol. The second-order valence-electron chi connectivity index (χ2n) is 3.47. The second kappa shape index (κ2) is 4.98. The molecule has 4 N–H and O–H groups in total. The molecule has 0 amide bonds. The van der Waals surface area contributed by atoms with E-state index in [1.165, 1.54) is 5.56 Å². The molecule has 3 heteroatoms. The van der Waals surface area contributed by atoms with Gasteiger partial charge in [-0.05, 0) is 24.6 Å². The zero-order valence-corrected chi connectivity index (χ0v) is 8.73. The average molecular weight is 194 g/mol. The Balaban J connectivity index is 2.84. The van der Waals surface area contributed by atoms with Gasteiger partial charge in [-0.2, -0.15) is 0 Å². The van der Waals surface area contributed by atoms with Crippen LogP contribution < -0.4 is 16.2 Å². The molecule has 14 heavy (non-hydrogen) atoms. The first kappa shape index (κ1) is 11.0. The largest absolute Gasteiger partial charge is 0.497 e. The first-order valence-corrected chi connectivity index (χ1v) is 4.78. The first-order valence-electron chi connectivity index (χ1n) is 4.78. The van der Waals surface area contributed by atoms with E-state index >= 15 is 0 Å². The number of rotatable bonds is 4. The van der Waals surface area contributed by atoms with E-state index in [4.69, 9.17) is 16.2 Å². The molecule has 2 atom stereocenters. The summed E-state index contributed by atoms with van der Waals surface area (Å²) in [6, 6.07) is 7.97. The Morgan fingerprint density at radius 3 is 2.21 bits per heavy atom. The lowest BCUT2D eigenvalue weighted by Gasteiger charge is -2.19. The summed E-state index contributed by atoms with van der Waals surface area (Å²) in [6.07, 6.45) is 0. The van der Waals surface area contributed by atoms with Crippen LogP contribution in [-0.2, 0) is 0 Å². The predicted octanol–water partition coefficient (Wildman–Crippen LogP) is 1.08. The SMILES string of the molecule is COc1ccc([C@H](CN)[C@@H](C)N)cc1. The summed E-state index contributed by atoms with van der Waals surface area (Å²) in [6.45, 7) is 2.55. The molecule has 1 rings (SSSR count). The van der Waals surface area contributed by atoms with Crippen LogP contribution in [0.3, 0.4) is 0 Å². The van der Waals surface area contributed by atoms with Crippen LogP contribution in [0.2, 0.25) is 0 Å².